The van der Waals surface area contributed by atoms with E-state index in [4.69, 9.17) is 9.47 Å². The van der Waals surface area contributed by atoms with Crippen molar-refractivity contribution in [3.8, 4) is 0 Å². The van der Waals surface area contributed by atoms with Crippen molar-refractivity contribution in [2.75, 3.05) is 13.2 Å². The fraction of sp³-hybridized carbons (Fsp3) is 0.585. The fourth-order valence-corrected chi connectivity index (χ4v) is 5.85. The van der Waals surface area contributed by atoms with Crippen molar-refractivity contribution in [3.63, 3.8) is 0 Å². The predicted molar refractivity (Wildman–Crippen MR) is 251 cm³/mol. The highest BCUT2D eigenvalue weighted by atomic mass is 16.6. The zero-order valence-corrected chi connectivity index (χ0v) is 37.0. The van der Waals surface area contributed by atoms with Crippen molar-refractivity contribution in [1.29, 1.82) is 0 Å². The van der Waals surface area contributed by atoms with E-state index >= 15 is 0 Å². The lowest BCUT2D eigenvalue weighted by atomic mass is 10.0. The zero-order valence-electron chi connectivity index (χ0n) is 37.0. The number of aliphatic hydroxyl groups excluding tert-OH is 1. The topological polar surface area (TPSA) is 72.8 Å². The minimum absolute atomic E-state index is 0.104. The first-order valence-corrected chi connectivity index (χ1v) is 23.1. The lowest BCUT2D eigenvalue weighted by molar-refractivity contribution is -0.161. The van der Waals surface area contributed by atoms with Crippen LogP contribution in [0.5, 0.6) is 0 Å². The van der Waals surface area contributed by atoms with E-state index in [1.807, 2.05) is 0 Å². The largest absolute Gasteiger partial charge is 0.462 e. The predicted octanol–water partition coefficient (Wildman–Crippen LogP) is 15.2. The summed E-state index contributed by atoms with van der Waals surface area (Å²) in [7, 11) is 0. The molecular weight excluding hydrogens is 717 g/mol. The maximum atomic E-state index is 12.2. The molecule has 0 heterocycles. The van der Waals surface area contributed by atoms with Gasteiger partial charge in [-0.05, 0) is 96.3 Å². The highest BCUT2D eigenvalue weighted by molar-refractivity contribution is 5.70. The van der Waals surface area contributed by atoms with Gasteiger partial charge in [0.05, 0.1) is 6.61 Å². The average Bonchev–Trinajstić information content (AvgIpc) is 3.23. The summed E-state index contributed by atoms with van der Waals surface area (Å²) >= 11 is 0. The van der Waals surface area contributed by atoms with Gasteiger partial charge in [0.2, 0.25) is 0 Å². The number of allylic oxidation sites excluding steroid dienone is 20. The van der Waals surface area contributed by atoms with Gasteiger partial charge in [0.25, 0.3) is 0 Å². The van der Waals surface area contributed by atoms with Gasteiger partial charge in [-0.1, -0.05) is 193 Å². The third-order valence-electron chi connectivity index (χ3n) is 9.25. The summed E-state index contributed by atoms with van der Waals surface area (Å²) in [5, 5.41) is 9.59. The molecule has 0 saturated heterocycles. The summed E-state index contributed by atoms with van der Waals surface area (Å²) in [5.41, 5.74) is 0. The van der Waals surface area contributed by atoms with E-state index < -0.39 is 6.10 Å². The first-order valence-electron chi connectivity index (χ1n) is 23.1. The molecule has 5 heteroatoms. The van der Waals surface area contributed by atoms with Crippen molar-refractivity contribution in [2.24, 2.45) is 0 Å². The summed E-state index contributed by atoms with van der Waals surface area (Å²) in [6.45, 7) is 3.85. The Labute approximate surface area is 356 Å². The maximum absolute atomic E-state index is 12.2. The minimum atomic E-state index is -0.805. The SMILES string of the molecule is CC/C=C\C/C=C\C/C=C\C/C=C\C/C=C\CCCCCCCCCCCCCC(=O)OC(CO)COC(=O)CCC/C=C\C/C=C\C/C=C\C/C=C\C/C=C\CC. The Morgan fingerprint density at radius 1 is 0.397 bits per heavy atom. The first-order chi connectivity index (χ1) is 28.6. The molecule has 5 nitrogen and oxygen atoms in total. The smallest absolute Gasteiger partial charge is 0.306 e. The molecule has 0 spiro atoms. The Bertz CT molecular complexity index is 1220. The van der Waals surface area contributed by atoms with Crippen molar-refractivity contribution < 1.29 is 24.2 Å². The molecule has 1 N–H and O–H groups in total. The number of rotatable bonds is 40. The lowest BCUT2D eigenvalue weighted by Crippen LogP contribution is -2.28. The summed E-state index contributed by atoms with van der Waals surface area (Å²) < 4.78 is 10.6. The summed E-state index contributed by atoms with van der Waals surface area (Å²) in [4.78, 5) is 24.4. The molecule has 0 aromatic heterocycles. The highest BCUT2D eigenvalue weighted by Crippen LogP contribution is 2.13. The van der Waals surface area contributed by atoms with E-state index in [-0.39, 0.29) is 25.2 Å². The van der Waals surface area contributed by atoms with Gasteiger partial charge in [0, 0.05) is 12.8 Å². The van der Waals surface area contributed by atoms with Crippen LogP contribution in [0.3, 0.4) is 0 Å². The van der Waals surface area contributed by atoms with E-state index in [1.165, 1.54) is 57.8 Å². The maximum Gasteiger partial charge on any atom is 0.306 e. The van der Waals surface area contributed by atoms with Gasteiger partial charge in [-0.25, -0.2) is 0 Å². The molecule has 0 aliphatic rings. The van der Waals surface area contributed by atoms with Crippen molar-refractivity contribution >= 4 is 11.9 Å². The number of ether oxygens (including phenoxy) is 2. The van der Waals surface area contributed by atoms with Gasteiger partial charge in [-0.3, -0.25) is 9.59 Å². The summed E-state index contributed by atoms with van der Waals surface area (Å²) in [6, 6.07) is 0. The molecular formula is C53H84O5. The second-order valence-electron chi connectivity index (χ2n) is 14.7. The van der Waals surface area contributed by atoms with Crippen LogP contribution in [0.25, 0.3) is 0 Å². The van der Waals surface area contributed by atoms with E-state index in [0.717, 1.165) is 89.9 Å². The lowest BCUT2D eigenvalue weighted by Gasteiger charge is -2.15. The first kappa shape index (κ1) is 54.3. The summed E-state index contributed by atoms with van der Waals surface area (Å²) in [5.74, 6) is -0.672. The number of aliphatic hydroxyl groups is 1. The van der Waals surface area contributed by atoms with Crippen LogP contribution >= 0.6 is 0 Å². The van der Waals surface area contributed by atoms with Gasteiger partial charge in [-0.15, -0.1) is 0 Å². The monoisotopic (exact) mass is 801 g/mol. The Balaban J connectivity index is 3.63. The molecule has 1 unspecified atom stereocenters. The molecule has 0 fully saturated rings. The molecule has 1 atom stereocenters. The van der Waals surface area contributed by atoms with Crippen molar-refractivity contribution in [2.45, 2.75) is 187 Å². The van der Waals surface area contributed by atoms with Crippen LogP contribution in [0.2, 0.25) is 0 Å². The number of esters is 2. The molecule has 0 radical (unpaired) electrons. The van der Waals surface area contributed by atoms with E-state index in [1.54, 1.807) is 0 Å². The quantitative estimate of drug-likeness (QED) is 0.0380. The van der Waals surface area contributed by atoms with E-state index in [2.05, 4.69) is 135 Å². The van der Waals surface area contributed by atoms with Crippen molar-refractivity contribution in [1.82, 2.24) is 0 Å². The molecule has 0 aliphatic carbocycles. The van der Waals surface area contributed by atoms with Gasteiger partial charge in [0.1, 0.15) is 6.61 Å². The molecule has 58 heavy (non-hydrogen) atoms. The highest BCUT2D eigenvalue weighted by Gasteiger charge is 2.16. The minimum Gasteiger partial charge on any atom is -0.462 e. The Morgan fingerprint density at radius 3 is 1.09 bits per heavy atom. The third-order valence-corrected chi connectivity index (χ3v) is 9.25. The van der Waals surface area contributed by atoms with Gasteiger partial charge < -0.3 is 14.6 Å². The van der Waals surface area contributed by atoms with Crippen LogP contribution in [0.15, 0.2) is 122 Å². The van der Waals surface area contributed by atoms with E-state index in [0.29, 0.717) is 19.3 Å². The fourth-order valence-electron chi connectivity index (χ4n) is 5.85. The van der Waals surface area contributed by atoms with Crippen LogP contribution in [0.4, 0.5) is 0 Å². The Hall–Kier alpha value is -3.70. The van der Waals surface area contributed by atoms with Crippen LogP contribution in [0, 0.1) is 0 Å². The summed E-state index contributed by atoms with van der Waals surface area (Å²) in [6.07, 6.45) is 69.9. The number of carbonyl (C=O) groups is 2. The molecule has 0 bridgehead atoms. The molecule has 0 aliphatic heterocycles. The number of carbonyl (C=O) groups excluding carboxylic acids is 2. The second kappa shape index (κ2) is 47.7. The Morgan fingerprint density at radius 2 is 0.707 bits per heavy atom. The number of unbranched alkanes of at least 4 members (excludes halogenated alkanes) is 12. The van der Waals surface area contributed by atoms with Crippen LogP contribution in [0.1, 0.15) is 181 Å². The molecule has 0 rings (SSSR count). The molecule has 326 valence electrons. The normalized spacial score (nSPS) is 13.4. The van der Waals surface area contributed by atoms with Crippen LogP contribution in [-0.4, -0.2) is 36.4 Å². The van der Waals surface area contributed by atoms with Crippen molar-refractivity contribution in [3.05, 3.63) is 122 Å². The van der Waals surface area contributed by atoms with E-state index in [9.17, 15) is 14.7 Å². The molecule has 0 saturated carbocycles. The standard InChI is InChI=1S/C53H84O5/c1-3-5-7-9-11-13-15-17-19-21-22-23-24-25-26-27-28-29-30-32-34-36-38-40-42-44-46-48-53(56)58-51(49-54)50-57-52(55)47-45-43-41-39-37-35-33-31-20-18-16-14-12-10-8-6-4-2/h5-8,11-14,17-20,22-23,25-26,33,35,39,41,51,54H,3-4,9-10,15-16,21,24,27-32,34,36-38,40,42-50H2,1-2H3/b7-5-,8-6-,13-11-,14-12-,19-17-,20-18-,23-22-,26-25-,35-33-,41-39-. The van der Waals surface area contributed by atoms with Crippen LogP contribution < -0.4 is 0 Å². The zero-order chi connectivity index (χ0) is 42.1. The second-order valence-corrected chi connectivity index (χ2v) is 14.7. The van der Waals surface area contributed by atoms with Gasteiger partial charge in [0.15, 0.2) is 6.10 Å². The van der Waals surface area contributed by atoms with Gasteiger partial charge >= 0.3 is 11.9 Å². The molecule has 0 aromatic rings. The van der Waals surface area contributed by atoms with Crippen LogP contribution in [-0.2, 0) is 19.1 Å². The average molecular weight is 801 g/mol. The van der Waals surface area contributed by atoms with Gasteiger partial charge in [-0.2, -0.15) is 0 Å². The Kier molecular flexibility index (Phi) is 44.6. The molecule has 0 amide bonds. The third kappa shape index (κ3) is 45.0. The number of hydrogen-bond donors (Lipinski definition) is 1. The number of hydrogen-bond acceptors (Lipinski definition) is 5. The molecule has 0 aromatic carbocycles.